The minimum absolute atomic E-state index is 0.152. The van der Waals surface area contributed by atoms with Crippen molar-refractivity contribution in [3.05, 3.63) is 42.0 Å². The van der Waals surface area contributed by atoms with Gasteiger partial charge < -0.3 is 0 Å². The van der Waals surface area contributed by atoms with Crippen LogP contribution < -0.4 is 5.09 Å². The molecule has 0 saturated heterocycles. The number of hydrogen-bond donors (Lipinski definition) is 1. The Bertz CT molecular complexity index is 341. The maximum absolute atomic E-state index is 3.19. The molecule has 0 bridgehead atoms. The van der Waals surface area contributed by atoms with Gasteiger partial charge in [0.15, 0.2) is 0 Å². The highest BCUT2D eigenvalue weighted by Gasteiger charge is 2.23. The first-order valence-corrected chi connectivity index (χ1v) is 6.39. The topological polar surface area (TPSA) is 12.0 Å². The molecule has 1 N–H and O–H groups in total. The molecule has 88 valence electrons. The Morgan fingerprint density at radius 2 is 1.94 bits per heavy atom. The summed E-state index contributed by atoms with van der Waals surface area (Å²) >= 11 is 0. The van der Waals surface area contributed by atoms with Crippen LogP contribution in [0.5, 0.6) is 0 Å². The highest BCUT2D eigenvalue weighted by molar-refractivity contribution is 7.13. The van der Waals surface area contributed by atoms with E-state index in [4.69, 9.17) is 0 Å². The van der Waals surface area contributed by atoms with E-state index in [1.807, 2.05) is 0 Å². The molecule has 1 aromatic rings. The number of rotatable bonds is 5. The second-order valence-corrected chi connectivity index (χ2v) is 5.07. The van der Waals surface area contributed by atoms with Crippen LogP contribution in [0.3, 0.4) is 0 Å². The highest BCUT2D eigenvalue weighted by Crippen LogP contribution is 2.34. The molecule has 0 fully saturated rings. The van der Waals surface area contributed by atoms with Crippen molar-refractivity contribution in [2.24, 2.45) is 5.41 Å². The van der Waals surface area contributed by atoms with Crippen molar-refractivity contribution in [3.8, 4) is 0 Å². The Hall–Kier alpha value is -0.650. The quantitative estimate of drug-likeness (QED) is 0.763. The molecule has 0 saturated carbocycles. The van der Waals surface area contributed by atoms with Gasteiger partial charge in [-0.25, -0.2) is 0 Å². The van der Waals surface area contributed by atoms with Gasteiger partial charge in [0.2, 0.25) is 0 Å². The molecule has 1 aromatic carbocycles. The Labute approximate surface area is 102 Å². The molecule has 0 amide bonds. The van der Waals surface area contributed by atoms with Crippen molar-refractivity contribution in [2.75, 3.05) is 6.54 Å². The molecule has 16 heavy (non-hydrogen) atoms. The second-order valence-electron chi connectivity index (χ2n) is 4.66. The van der Waals surface area contributed by atoms with Crippen LogP contribution in [0, 0.1) is 5.41 Å². The Kier molecular flexibility index (Phi) is 5.18. The third-order valence-corrected chi connectivity index (χ3v) is 2.97. The summed E-state index contributed by atoms with van der Waals surface area (Å²) in [4.78, 5) is 0. The molecule has 0 aliphatic carbocycles. The normalized spacial score (nSPS) is 12.9. The lowest BCUT2D eigenvalue weighted by Gasteiger charge is -2.28. The minimum atomic E-state index is 0.152. The smallest absolute Gasteiger partial charge is 0.00777 e. The van der Waals surface area contributed by atoms with Crippen LogP contribution >= 0.6 is 9.39 Å². The molecular formula is C14H22NP. The van der Waals surface area contributed by atoms with E-state index in [9.17, 15) is 0 Å². The first-order chi connectivity index (χ1) is 7.61. The average Bonchev–Trinajstić information content (AvgIpc) is 2.27. The van der Waals surface area contributed by atoms with E-state index < -0.39 is 0 Å². The van der Waals surface area contributed by atoms with E-state index in [-0.39, 0.29) is 5.41 Å². The lowest BCUT2D eigenvalue weighted by atomic mass is 9.80. The monoisotopic (exact) mass is 235 g/mol. The van der Waals surface area contributed by atoms with Gasteiger partial charge in [-0.2, -0.15) is 0 Å². The van der Waals surface area contributed by atoms with Gasteiger partial charge in [-0.05, 0) is 17.6 Å². The summed E-state index contributed by atoms with van der Waals surface area (Å²) in [5.41, 5.74) is 2.90. The van der Waals surface area contributed by atoms with Crippen LogP contribution in [0.1, 0.15) is 32.8 Å². The van der Waals surface area contributed by atoms with Gasteiger partial charge in [-0.3, -0.25) is 5.09 Å². The highest BCUT2D eigenvalue weighted by atomic mass is 31.0. The summed E-state index contributed by atoms with van der Waals surface area (Å²) in [5.74, 6) is 0. The molecule has 1 atom stereocenters. The van der Waals surface area contributed by atoms with E-state index >= 15 is 0 Å². The van der Waals surface area contributed by atoms with Crippen molar-refractivity contribution in [2.45, 2.75) is 27.2 Å². The predicted molar refractivity (Wildman–Crippen MR) is 76.2 cm³/mol. The van der Waals surface area contributed by atoms with Gasteiger partial charge in [-0.15, -0.1) is 0 Å². The maximum atomic E-state index is 3.19. The molecule has 0 aromatic heterocycles. The van der Waals surface area contributed by atoms with E-state index in [0.717, 1.165) is 13.0 Å². The number of nitrogens with one attached hydrogen (secondary N) is 1. The average molecular weight is 235 g/mol. The molecule has 1 nitrogen and oxygen atoms in total. The summed E-state index contributed by atoms with van der Waals surface area (Å²) in [7, 11) is 2.58. The van der Waals surface area contributed by atoms with Gasteiger partial charge in [0.25, 0.3) is 0 Å². The number of benzene rings is 1. The number of allylic oxidation sites excluding steroid dienone is 1. The summed E-state index contributed by atoms with van der Waals surface area (Å²) in [6.07, 6.45) is 3.40. The van der Waals surface area contributed by atoms with E-state index in [0.29, 0.717) is 0 Å². The molecule has 2 heteroatoms. The van der Waals surface area contributed by atoms with Crippen molar-refractivity contribution in [1.29, 1.82) is 0 Å². The molecule has 0 radical (unpaired) electrons. The molecule has 1 rings (SSSR count). The fourth-order valence-corrected chi connectivity index (χ4v) is 2.47. The Balaban J connectivity index is 3.06. The second kappa shape index (κ2) is 6.18. The van der Waals surface area contributed by atoms with Gasteiger partial charge in [0.05, 0.1) is 0 Å². The Morgan fingerprint density at radius 1 is 1.31 bits per heavy atom. The van der Waals surface area contributed by atoms with Crippen LogP contribution in [-0.4, -0.2) is 6.54 Å². The summed E-state index contributed by atoms with van der Waals surface area (Å²) in [6, 6.07) is 10.6. The van der Waals surface area contributed by atoms with Crippen LogP contribution in [-0.2, 0) is 0 Å². The standard InChI is InChI=1S/C14H22NP/c1-4-8-13(14(2,3)11-15-16)12-9-6-5-7-10-12/h5-10,15H,4,11,16H2,1-3H3/b13-8+. The molecule has 0 aliphatic heterocycles. The van der Waals surface area contributed by atoms with Gasteiger partial charge in [0, 0.05) is 12.0 Å². The molecule has 0 heterocycles. The third kappa shape index (κ3) is 3.43. The van der Waals surface area contributed by atoms with E-state index in [1.165, 1.54) is 11.1 Å². The summed E-state index contributed by atoms with van der Waals surface area (Å²) < 4.78 is 0. The van der Waals surface area contributed by atoms with Gasteiger partial charge >= 0.3 is 0 Å². The SMILES string of the molecule is CC/C=C(\c1ccccc1)C(C)(C)CNP. The first-order valence-electron chi connectivity index (χ1n) is 5.81. The van der Waals surface area contributed by atoms with Crippen LogP contribution in [0.25, 0.3) is 5.57 Å². The first kappa shape index (κ1) is 13.4. The molecule has 1 unspecified atom stereocenters. The van der Waals surface area contributed by atoms with Crippen molar-refractivity contribution in [1.82, 2.24) is 5.09 Å². The van der Waals surface area contributed by atoms with E-state index in [1.54, 1.807) is 0 Å². The largest absolute Gasteiger partial charge is 0.300 e. The predicted octanol–water partition coefficient (Wildman–Crippen LogP) is 3.89. The third-order valence-electron chi connectivity index (χ3n) is 2.77. The van der Waals surface area contributed by atoms with Gasteiger partial charge in [0.1, 0.15) is 0 Å². The lowest BCUT2D eigenvalue weighted by Crippen LogP contribution is -2.25. The fraction of sp³-hybridized carbons (Fsp3) is 0.429. The molecule has 0 spiro atoms. The Morgan fingerprint density at radius 3 is 2.44 bits per heavy atom. The fourth-order valence-electron chi connectivity index (χ4n) is 1.96. The maximum Gasteiger partial charge on any atom is 0.00777 e. The van der Waals surface area contributed by atoms with Crippen molar-refractivity contribution in [3.63, 3.8) is 0 Å². The zero-order valence-corrected chi connectivity index (χ0v) is 11.6. The van der Waals surface area contributed by atoms with E-state index in [2.05, 4.69) is 71.7 Å². The summed E-state index contributed by atoms with van der Waals surface area (Å²) in [6.45, 7) is 7.70. The minimum Gasteiger partial charge on any atom is -0.300 e. The summed E-state index contributed by atoms with van der Waals surface area (Å²) in [5, 5.41) is 3.19. The van der Waals surface area contributed by atoms with Crippen LogP contribution in [0.4, 0.5) is 0 Å². The molecule has 0 aliphatic rings. The number of hydrogen-bond acceptors (Lipinski definition) is 1. The zero-order valence-electron chi connectivity index (χ0n) is 10.5. The van der Waals surface area contributed by atoms with Crippen molar-refractivity contribution < 1.29 is 0 Å². The van der Waals surface area contributed by atoms with Crippen LogP contribution in [0.15, 0.2) is 36.4 Å². The molecular weight excluding hydrogens is 213 g/mol. The lowest BCUT2D eigenvalue weighted by molar-refractivity contribution is 0.498. The zero-order chi connectivity index (χ0) is 12.0. The van der Waals surface area contributed by atoms with Gasteiger partial charge in [-0.1, -0.05) is 66.6 Å². The van der Waals surface area contributed by atoms with Crippen molar-refractivity contribution >= 4 is 15.0 Å². The van der Waals surface area contributed by atoms with Crippen LogP contribution in [0.2, 0.25) is 0 Å².